The Bertz CT molecular complexity index is 364. The number of carbonyl (C=O) groups excluding carboxylic acids is 1. The number of thiophene rings is 1. The second kappa shape index (κ2) is 7.17. The molecule has 0 aliphatic rings. The average molecular weight is 318 g/mol. The third-order valence-electron chi connectivity index (χ3n) is 2.92. The van der Waals surface area contributed by atoms with Gasteiger partial charge in [-0.25, -0.2) is 0 Å². The summed E-state index contributed by atoms with van der Waals surface area (Å²) in [6.45, 7) is 7.26. The lowest BCUT2D eigenvalue weighted by atomic mass is 10.2. The van der Waals surface area contributed by atoms with Crippen molar-refractivity contribution in [3.8, 4) is 0 Å². The van der Waals surface area contributed by atoms with E-state index in [1.807, 2.05) is 17.0 Å². The molecule has 1 amide bonds. The predicted octanol–water partition coefficient (Wildman–Crippen LogP) is 4.55. The Morgan fingerprint density at radius 2 is 2.18 bits per heavy atom. The van der Waals surface area contributed by atoms with E-state index >= 15 is 0 Å². The Hall–Kier alpha value is -0.350. The first kappa shape index (κ1) is 14.7. The molecule has 0 radical (unpaired) electrons. The van der Waals surface area contributed by atoms with Gasteiger partial charge in [0.2, 0.25) is 0 Å². The SMILES string of the molecule is CCCCN(C(=O)c1ccc(Br)s1)C(C)CC. The molecule has 1 atom stereocenters. The molecule has 1 aromatic heterocycles. The molecule has 2 nitrogen and oxygen atoms in total. The van der Waals surface area contributed by atoms with E-state index in [0.29, 0.717) is 6.04 Å². The minimum atomic E-state index is 0.170. The van der Waals surface area contributed by atoms with Crippen molar-refractivity contribution in [2.24, 2.45) is 0 Å². The summed E-state index contributed by atoms with van der Waals surface area (Å²) in [5.74, 6) is 0.170. The van der Waals surface area contributed by atoms with Crippen molar-refractivity contribution in [3.05, 3.63) is 20.8 Å². The number of amides is 1. The van der Waals surface area contributed by atoms with Crippen LogP contribution in [0.25, 0.3) is 0 Å². The summed E-state index contributed by atoms with van der Waals surface area (Å²) < 4.78 is 1.01. The van der Waals surface area contributed by atoms with E-state index in [0.717, 1.165) is 34.5 Å². The minimum Gasteiger partial charge on any atom is -0.335 e. The van der Waals surface area contributed by atoms with Gasteiger partial charge in [-0.05, 0) is 47.8 Å². The highest BCUT2D eigenvalue weighted by Crippen LogP contribution is 2.24. The van der Waals surface area contributed by atoms with Crippen molar-refractivity contribution in [1.82, 2.24) is 4.90 Å². The maximum Gasteiger partial charge on any atom is 0.264 e. The molecule has 4 heteroatoms. The standard InChI is InChI=1S/C13H20BrNOS/c1-4-6-9-15(10(3)5-2)13(16)11-7-8-12(14)17-11/h7-8,10H,4-6,9H2,1-3H3. The van der Waals surface area contributed by atoms with Crippen LogP contribution in [0.3, 0.4) is 0 Å². The van der Waals surface area contributed by atoms with Gasteiger partial charge < -0.3 is 4.90 Å². The Morgan fingerprint density at radius 3 is 2.65 bits per heavy atom. The number of halogens is 1. The fourth-order valence-corrected chi connectivity index (χ4v) is 2.98. The maximum absolute atomic E-state index is 12.4. The lowest BCUT2D eigenvalue weighted by Gasteiger charge is -2.28. The van der Waals surface area contributed by atoms with Crippen LogP contribution in [0.1, 0.15) is 49.7 Å². The smallest absolute Gasteiger partial charge is 0.264 e. The number of nitrogens with zero attached hydrogens (tertiary/aromatic N) is 1. The molecule has 0 spiro atoms. The van der Waals surface area contributed by atoms with Crippen LogP contribution in [0, 0.1) is 0 Å². The largest absolute Gasteiger partial charge is 0.335 e. The molecule has 0 saturated heterocycles. The molecular weight excluding hydrogens is 298 g/mol. The van der Waals surface area contributed by atoms with Crippen molar-refractivity contribution < 1.29 is 4.79 Å². The predicted molar refractivity (Wildman–Crippen MR) is 77.7 cm³/mol. The van der Waals surface area contributed by atoms with E-state index < -0.39 is 0 Å². The number of hydrogen-bond acceptors (Lipinski definition) is 2. The summed E-state index contributed by atoms with van der Waals surface area (Å²) in [6.07, 6.45) is 3.19. The highest BCUT2D eigenvalue weighted by Gasteiger charge is 2.20. The normalized spacial score (nSPS) is 12.5. The summed E-state index contributed by atoms with van der Waals surface area (Å²) in [5.41, 5.74) is 0. The Balaban J connectivity index is 2.78. The molecule has 17 heavy (non-hydrogen) atoms. The summed E-state index contributed by atoms with van der Waals surface area (Å²) in [4.78, 5) is 15.2. The fraction of sp³-hybridized carbons (Fsp3) is 0.615. The lowest BCUT2D eigenvalue weighted by molar-refractivity contribution is 0.0690. The second-order valence-corrected chi connectivity index (χ2v) is 6.68. The van der Waals surface area contributed by atoms with Gasteiger partial charge >= 0.3 is 0 Å². The van der Waals surface area contributed by atoms with Crippen LogP contribution < -0.4 is 0 Å². The monoisotopic (exact) mass is 317 g/mol. The summed E-state index contributed by atoms with van der Waals surface area (Å²) in [6, 6.07) is 4.15. The Morgan fingerprint density at radius 1 is 1.47 bits per heavy atom. The lowest BCUT2D eigenvalue weighted by Crippen LogP contribution is -2.38. The molecule has 1 heterocycles. The molecule has 0 aliphatic carbocycles. The van der Waals surface area contributed by atoms with Gasteiger partial charge in [0, 0.05) is 12.6 Å². The molecule has 1 rings (SSSR count). The van der Waals surface area contributed by atoms with Crippen LogP contribution in [-0.2, 0) is 0 Å². The summed E-state index contributed by atoms with van der Waals surface area (Å²) in [5, 5.41) is 0. The zero-order chi connectivity index (χ0) is 12.8. The molecule has 0 N–H and O–H groups in total. The Kier molecular flexibility index (Phi) is 6.20. The Labute approximate surface area is 116 Å². The van der Waals surface area contributed by atoms with E-state index in [1.54, 1.807) is 0 Å². The first-order chi connectivity index (χ1) is 8.10. The highest BCUT2D eigenvalue weighted by molar-refractivity contribution is 9.11. The van der Waals surface area contributed by atoms with Gasteiger partial charge in [-0.15, -0.1) is 11.3 Å². The molecular formula is C13H20BrNOS. The van der Waals surface area contributed by atoms with Crippen molar-refractivity contribution in [1.29, 1.82) is 0 Å². The summed E-state index contributed by atoms with van der Waals surface area (Å²) in [7, 11) is 0. The van der Waals surface area contributed by atoms with E-state index in [1.165, 1.54) is 11.3 Å². The number of hydrogen-bond donors (Lipinski definition) is 0. The van der Waals surface area contributed by atoms with Crippen LogP contribution >= 0.6 is 27.3 Å². The number of unbranched alkanes of at least 4 members (excludes halogenated alkanes) is 1. The quantitative estimate of drug-likeness (QED) is 0.753. The van der Waals surface area contributed by atoms with Crippen molar-refractivity contribution in [2.45, 2.75) is 46.1 Å². The van der Waals surface area contributed by atoms with Crippen molar-refractivity contribution in [2.75, 3.05) is 6.54 Å². The minimum absolute atomic E-state index is 0.170. The van der Waals surface area contributed by atoms with Crippen LogP contribution in [0.4, 0.5) is 0 Å². The maximum atomic E-state index is 12.4. The van der Waals surface area contributed by atoms with Crippen molar-refractivity contribution in [3.63, 3.8) is 0 Å². The van der Waals surface area contributed by atoms with Gasteiger partial charge in [-0.3, -0.25) is 4.79 Å². The molecule has 0 bridgehead atoms. The first-order valence-electron chi connectivity index (χ1n) is 6.16. The van der Waals surface area contributed by atoms with Crippen LogP contribution in [0.2, 0.25) is 0 Å². The van der Waals surface area contributed by atoms with Gasteiger partial charge in [0.25, 0.3) is 5.91 Å². The zero-order valence-corrected chi connectivity index (χ0v) is 13.1. The third-order valence-corrected chi connectivity index (χ3v) is 4.53. The first-order valence-corrected chi connectivity index (χ1v) is 7.77. The summed E-state index contributed by atoms with van der Waals surface area (Å²) >= 11 is 4.92. The fourth-order valence-electron chi connectivity index (χ4n) is 1.64. The van der Waals surface area contributed by atoms with Crippen LogP contribution in [0.15, 0.2) is 15.9 Å². The zero-order valence-electron chi connectivity index (χ0n) is 10.7. The van der Waals surface area contributed by atoms with Gasteiger partial charge in [0.1, 0.15) is 0 Å². The van der Waals surface area contributed by atoms with Gasteiger partial charge in [-0.2, -0.15) is 0 Å². The van der Waals surface area contributed by atoms with Gasteiger partial charge in [0.15, 0.2) is 0 Å². The molecule has 0 aromatic carbocycles. The van der Waals surface area contributed by atoms with E-state index in [9.17, 15) is 4.79 Å². The third kappa shape index (κ3) is 4.11. The molecule has 0 fully saturated rings. The molecule has 1 unspecified atom stereocenters. The average Bonchev–Trinajstić information content (AvgIpc) is 2.75. The topological polar surface area (TPSA) is 20.3 Å². The molecule has 0 saturated carbocycles. The second-order valence-electron chi connectivity index (χ2n) is 4.21. The van der Waals surface area contributed by atoms with E-state index in [4.69, 9.17) is 0 Å². The number of carbonyl (C=O) groups is 1. The molecule has 0 aliphatic heterocycles. The van der Waals surface area contributed by atoms with E-state index in [2.05, 4.69) is 36.7 Å². The van der Waals surface area contributed by atoms with E-state index in [-0.39, 0.29) is 5.91 Å². The molecule has 1 aromatic rings. The van der Waals surface area contributed by atoms with Gasteiger partial charge in [0.05, 0.1) is 8.66 Å². The molecule has 96 valence electrons. The van der Waals surface area contributed by atoms with Crippen LogP contribution in [-0.4, -0.2) is 23.4 Å². The number of rotatable bonds is 6. The highest BCUT2D eigenvalue weighted by atomic mass is 79.9. The van der Waals surface area contributed by atoms with Crippen molar-refractivity contribution >= 4 is 33.2 Å². The van der Waals surface area contributed by atoms with Gasteiger partial charge in [-0.1, -0.05) is 20.3 Å². The van der Waals surface area contributed by atoms with Crippen LogP contribution in [0.5, 0.6) is 0 Å².